The zero-order chi connectivity index (χ0) is 24.9. The third-order valence-corrected chi connectivity index (χ3v) is 7.21. The van der Waals surface area contributed by atoms with E-state index < -0.39 is 5.82 Å². The van der Waals surface area contributed by atoms with Crippen LogP contribution < -0.4 is 15.5 Å². The number of pyridine rings is 2. The first kappa shape index (κ1) is 22.4. The Bertz CT molecular complexity index is 1400. The van der Waals surface area contributed by atoms with Gasteiger partial charge >= 0.3 is 0 Å². The number of benzene rings is 1. The molecule has 3 aliphatic heterocycles. The molecule has 0 bridgehead atoms. The number of fused-ring (bicyclic) bond motifs is 1. The summed E-state index contributed by atoms with van der Waals surface area (Å²) in [7, 11) is 0. The van der Waals surface area contributed by atoms with Crippen LogP contribution in [0.5, 0.6) is 0 Å². The minimum absolute atomic E-state index is 0.0489. The molecule has 36 heavy (non-hydrogen) atoms. The molecule has 6 rings (SSSR count). The number of halogens is 1. The van der Waals surface area contributed by atoms with Gasteiger partial charge in [0.2, 0.25) is 0 Å². The monoisotopic (exact) mass is 484 g/mol. The van der Waals surface area contributed by atoms with Crippen LogP contribution >= 0.6 is 0 Å². The van der Waals surface area contributed by atoms with E-state index in [9.17, 15) is 14.4 Å². The minimum atomic E-state index is -0.545. The van der Waals surface area contributed by atoms with E-state index >= 15 is 0 Å². The highest BCUT2D eigenvalue weighted by Crippen LogP contribution is 2.39. The molecule has 2 atom stereocenters. The molecule has 5 heterocycles. The quantitative estimate of drug-likeness (QED) is 0.574. The summed E-state index contributed by atoms with van der Waals surface area (Å²) in [5.41, 5.74) is 2.90. The summed E-state index contributed by atoms with van der Waals surface area (Å²) in [5, 5.41) is 15.5. The minimum Gasteiger partial charge on any atom is -0.373 e. The van der Waals surface area contributed by atoms with Crippen LogP contribution in [0.4, 0.5) is 21.6 Å². The van der Waals surface area contributed by atoms with E-state index in [0.29, 0.717) is 28.7 Å². The van der Waals surface area contributed by atoms with Gasteiger partial charge in [0.15, 0.2) is 0 Å². The van der Waals surface area contributed by atoms with E-state index in [1.165, 1.54) is 12.1 Å². The van der Waals surface area contributed by atoms with Crippen LogP contribution in [0.3, 0.4) is 0 Å². The van der Waals surface area contributed by atoms with Gasteiger partial charge in [-0.25, -0.2) is 14.4 Å². The van der Waals surface area contributed by atoms with Crippen LogP contribution in [0.15, 0.2) is 42.6 Å². The van der Waals surface area contributed by atoms with Gasteiger partial charge in [0.05, 0.1) is 70.5 Å². The first-order valence-electron chi connectivity index (χ1n) is 12.1. The fourth-order valence-electron chi connectivity index (χ4n) is 5.54. The molecule has 0 aliphatic carbocycles. The van der Waals surface area contributed by atoms with E-state index in [0.717, 1.165) is 38.2 Å². The third-order valence-electron chi connectivity index (χ3n) is 7.21. The van der Waals surface area contributed by atoms with Gasteiger partial charge in [-0.15, -0.1) is 0 Å². The van der Waals surface area contributed by atoms with Crippen molar-refractivity contribution < 1.29 is 13.9 Å². The van der Waals surface area contributed by atoms with Crippen molar-refractivity contribution in [3.8, 4) is 17.3 Å². The molecule has 1 unspecified atom stereocenters. The maximum atomic E-state index is 14.7. The number of ether oxygens (including phenoxy) is 1. The van der Waals surface area contributed by atoms with Gasteiger partial charge in [-0.3, -0.25) is 4.79 Å². The molecule has 0 saturated carbocycles. The predicted molar refractivity (Wildman–Crippen MR) is 132 cm³/mol. The molecule has 182 valence electrons. The van der Waals surface area contributed by atoms with Crippen molar-refractivity contribution in [3.05, 3.63) is 65.2 Å². The molecule has 1 aromatic carbocycles. The summed E-state index contributed by atoms with van der Waals surface area (Å²) in [5.74, 6) is 0.334. The van der Waals surface area contributed by atoms with Gasteiger partial charge < -0.3 is 20.3 Å². The van der Waals surface area contributed by atoms with Crippen LogP contribution in [0.25, 0.3) is 11.3 Å². The molecule has 2 saturated heterocycles. The lowest BCUT2D eigenvalue weighted by Gasteiger charge is -2.24. The van der Waals surface area contributed by atoms with E-state index in [2.05, 4.69) is 32.4 Å². The SMILES string of the molecule is CC1CO[C@]2(CCN(c3ccc(Nc4cc(-c5c(F)cccc5C#N)nc5c4C(=O)NC5)nc3)C2)C1. The van der Waals surface area contributed by atoms with Crippen LogP contribution in [-0.2, 0) is 11.3 Å². The van der Waals surface area contributed by atoms with Crippen molar-refractivity contribution in [2.45, 2.75) is 31.9 Å². The summed E-state index contributed by atoms with van der Waals surface area (Å²) in [6, 6.07) is 11.8. The molecule has 3 aromatic rings. The topological polar surface area (TPSA) is 103 Å². The van der Waals surface area contributed by atoms with Gasteiger partial charge in [-0.1, -0.05) is 13.0 Å². The number of hydrogen-bond donors (Lipinski definition) is 2. The largest absolute Gasteiger partial charge is 0.373 e. The van der Waals surface area contributed by atoms with Crippen molar-refractivity contribution in [1.29, 1.82) is 5.26 Å². The number of hydrogen-bond acceptors (Lipinski definition) is 7. The molecule has 2 aromatic heterocycles. The second kappa shape index (κ2) is 8.57. The highest BCUT2D eigenvalue weighted by atomic mass is 19.1. The van der Waals surface area contributed by atoms with Gasteiger partial charge in [0, 0.05) is 13.1 Å². The molecule has 2 N–H and O–H groups in total. The fourth-order valence-corrected chi connectivity index (χ4v) is 5.54. The number of carbonyl (C=O) groups excluding carboxylic acids is 1. The average Bonchev–Trinajstić information content (AvgIpc) is 3.58. The Labute approximate surface area is 208 Å². The van der Waals surface area contributed by atoms with Crippen molar-refractivity contribution in [2.75, 3.05) is 29.9 Å². The predicted octanol–water partition coefficient (Wildman–Crippen LogP) is 4.15. The first-order valence-corrected chi connectivity index (χ1v) is 12.1. The standard InChI is InChI=1S/C27H25FN6O2/c1-16-10-27(36-14-16)7-8-34(15-27)18-5-6-23(30-12-18)33-21-9-20(32-22-13-31-26(35)25(21)22)24-17(11-29)3-2-4-19(24)28/h2-6,9,12,16H,7-8,10,13-15H2,1H3,(H,31,35)(H,30,32,33)/t16?,27-/m1/s1. The summed E-state index contributed by atoms with van der Waals surface area (Å²) < 4.78 is 20.8. The van der Waals surface area contributed by atoms with Crippen LogP contribution in [0, 0.1) is 23.1 Å². The zero-order valence-electron chi connectivity index (χ0n) is 19.8. The number of rotatable bonds is 4. The molecular weight excluding hydrogens is 459 g/mol. The lowest BCUT2D eigenvalue weighted by molar-refractivity contribution is 0.0220. The van der Waals surface area contributed by atoms with E-state index in [-0.39, 0.29) is 34.9 Å². The number of amides is 1. The van der Waals surface area contributed by atoms with E-state index in [1.54, 1.807) is 12.1 Å². The van der Waals surface area contributed by atoms with Crippen LogP contribution in [0.1, 0.15) is 41.4 Å². The molecule has 1 spiro atoms. The Balaban J connectivity index is 1.29. The van der Waals surface area contributed by atoms with Gasteiger partial charge in [-0.2, -0.15) is 5.26 Å². The molecule has 0 radical (unpaired) electrons. The van der Waals surface area contributed by atoms with E-state index in [4.69, 9.17) is 4.74 Å². The summed E-state index contributed by atoms with van der Waals surface area (Å²) in [6.07, 6.45) is 3.91. The van der Waals surface area contributed by atoms with Gasteiger partial charge in [-0.05, 0) is 49.1 Å². The van der Waals surface area contributed by atoms with Crippen LogP contribution in [-0.4, -0.2) is 41.2 Å². The van der Waals surface area contributed by atoms with E-state index in [1.807, 2.05) is 24.4 Å². The smallest absolute Gasteiger partial charge is 0.255 e. The van der Waals surface area contributed by atoms with Crippen molar-refractivity contribution >= 4 is 23.1 Å². The lowest BCUT2D eigenvalue weighted by atomic mass is 9.94. The van der Waals surface area contributed by atoms with Crippen molar-refractivity contribution in [1.82, 2.24) is 15.3 Å². The highest BCUT2D eigenvalue weighted by molar-refractivity contribution is 6.04. The summed E-state index contributed by atoms with van der Waals surface area (Å²) >= 11 is 0. The Hall–Kier alpha value is -4.03. The van der Waals surface area contributed by atoms with Crippen molar-refractivity contribution in [3.63, 3.8) is 0 Å². The number of anilines is 3. The summed E-state index contributed by atoms with van der Waals surface area (Å²) in [6.45, 7) is 5.07. The van der Waals surface area contributed by atoms with Crippen LogP contribution in [0.2, 0.25) is 0 Å². The fraction of sp³-hybridized carbons (Fsp3) is 0.333. The first-order chi connectivity index (χ1) is 17.4. The molecule has 2 fully saturated rings. The second-order valence-electron chi connectivity index (χ2n) is 9.84. The number of aromatic nitrogens is 2. The zero-order valence-corrected chi connectivity index (χ0v) is 19.8. The number of nitriles is 1. The Morgan fingerprint density at radius 3 is 2.94 bits per heavy atom. The Morgan fingerprint density at radius 1 is 1.31 bits per heavy atom. The second-order valence-corrected chi connectivity index (χ2v) is 9.84. The molecule has 9 heteroatoms. The number of carbonyl (C=O) groups is 1. The maximum Gasteiger partial charge on any atom is 0.255 e. The Kier molecular flexibility index (Phi) is 5.34. The highest BCUT2D eigenvalue weighted by Gasteiger charge is 2.44. The third kappa shape index (κ3) is 3.84. The number of nitrogens with one attached hydrogen (secondary N) is 2. The van der Waals surface area contributed by atoms with Crippen molar-refractivity contribution in [2.24, 2.45) is 5.92 Å². The van der Waals surface area contributed by atoms with Gasteiger partial charge in [0.1, 0.15) is 11.6 Å². The molecular formula is C27H25FN6O2. The average molecular weight is 485 g/mol. The maximum absolute atomic E-state index is 14.7. The lowest BCUT2D eigenvalue weighted by Crippen LogP contribution is -2.32. The van der Waals surface area contributed by atoms with Gasteiger partial charge in [0.25, 0.3) is 5.91 Å². The molecule has 3 aliphatic rings. The number of nitrogens with zero attached hydrogens (tertiary/aromatic N) is 4. The molecule has 8 nitrogen and oxygen atoms in total. The Morgan fingerprint density at radius 2 is 2.19 bits per heavy atom. The summed E-state index contributed by atoms with van der Waals surface area (Å²) in [4.78, 5) is 23.9. The normalized spacial score (nSPS) is 22.5. The molecule has 1 amide bonds.